The number of rotatable bonds is 10. The van der Waals surface area contributed by atoms with Crippen LogP contribution in [0.1, 0.15) is 23.3 Å². The first-order valence-electron chi connectivity index (χ1n) is 10.5. The first kappa shape index (κ1) is 23.2. The first-order chi connectivity index (χ1) is 15.4. The first-order valence-corrected chi connectivity index (χ1v) is 13.6. The molecule has 0 atom stereocenters. The highest BCUT2D eigenvalue weighted by atomic mass is 79.9. The number of carbonyl (C=O) groups is 1. The second-order valence-corrected chi connectivity index (χ2v) is 11.9. The van der Waals surface area contributed by atoms with E-state index in [1.54, 1.807) is 40.5 Å². The second kappa shape index (κ2) is 10.3. The molecule has 0 radical (unpaired) electrons. The van der Waals surface area contributed by atoms with Crippen molar-refractivity contribution in [1.29, 1.82) is 0 Å². The number of nitrogens with zero attached hydrogens (tertiary/aromatic N) is 2. The topological polar surface area (TPSA) is 57.7 Å². The molecule has 32 heavy (non-hydrogen) atoms. The zero-order valence-corrected chi connectivity index (χ0v) is 20.8. The number of halogens is 1. The van der Waals surface area contributed by atoms with Gasteiger partial charge in [0.2, 0.25) is 15.9 Å². The molecule has 1 aliphatic carbocycles. The van der Waals surface area contributed by atoms with Crippen LogP contribution < -0.4 is 0 Å². The molecule has 2 aromatic carbocycles. The number of amides is 1. The molecule has 1 fully saturated rings. The van der Waals surface area contributed by atoms with Gasteiger partial charge in [0.25, 0.3) is 0 Å². The average Bonchev–Trinajstić information content (AvgIpc) is 3.46. The predicted molar refractivity (Wildman–Crippen MR) is 131 cm³/mol. The summed E-state index contributed by atoms with van der Waals surface area (Å²) in [5.74, 6) is 0.136. The molecule has 0 saturated heterocycles. The molecule has 0 bridgehead atoms. The van der Waals surface area contributed by atoms with Crippen molar-refractivity contribution >= 4 is 43.2 Å². The van der Waals surface area contributed by atoms with Crippen molar-refractivity contribution in [1.82, 2.24) is 9.21 Å². The zero-order chi connectivity index (χ0) is 22.6. The van der Waals surface area contributed by atoms with Crippen molar-refractivity contribution in [3.05, 3.63) is 87.0 Å². The summed E-state index contributed by atoms with van der Waals surface area (Å²) in [5.41, 5.74) is 1.02. The summed E-state index contributed by atoms with van der Waals surface area (Å²) in [5, 5.41) is 1.98. The minimum atomic E-state index is -3.77. The summed E-state index contributed by atoms with van der Waals surface area (Å²) in [6.07, 6.45) is 2.01. The normalized spacial score (nSPS) is 13.9. The number of hydrogen-bond acceptors (Lipinski definition) is 4. The van der Waals surface area contributed by atoms with E-state index in [-0.39, 0.29) is 17.3 Å². The molecule has 0 N–H and O–H groups in total. The van der Waals surface area contributed by atoms with Crippen molar-refractivity contribution in [2.24, 2.45) is 5.92 Å². The second-order valence-electron chi connectivity index (χ2n) is 8.01. The van der Waals surface area contributed by atoms with Gasteiger partial charge in [-0.3, -0.25) is 4.79 Å². The van der Waals surface area contributed by atoms with Gasteiger partial charge in [0.1, 0.15) is 0 Å². The Hall–Kier alpha value is -2.00. The Morgan fingerprint density at radius 1 is 0.969 bits per heavy atom. The molecule has 0 spiro atoms. The van der Waals surface area contributed by atoms with Crippen molar-refractivity contribution in [2.45, 2.75) is 30.8 Å². The summed E-state index contributed by atoms with van der Waals surface area (Å²) in [4.78, 5) is 16.5. The van der Waals surface area contributed by atoms with Gasteiger partial charge in [-0.15, -0.1) is 11.3 Å². The van der Waals surface area contributed by atoms with Gasteiger partial charge in [-0.1, -0.05) is 52.3 Å². The standard InChI is InChI=1S/C24H25BrN2O3S2/c25-21-10-12-23(13-11-21)32(29,30)27(16-20-8-9-20)18-24(28)26(17-22-7-4-14-31-22)15-19-5-2-1-3-6-19/h1-7,10-14,20H,8-9,15-18H2. The smallest absolute Gasteiger partial charge is 0.243 e. The lowest BCUT2D eigenvalue weighted by atomic mass is 10.2. The minimum absolute atomic E-state index is 0.160. The van der Waals surface area contributed by atoms with E-state index in [4.69, 9.17) is 0 Å². The number of hydrogen-bond donors (Lipinski definition) is 0. The van der Waals surface area contributed by atoms with Crippen LogP contribution in [0.3, 0.4) is 0 Å². The maximum absolute atomic E-state index is 13.4. The van der Waals surface area contributed by atoms with E-state index in [9.17, 15) is 13.2 Å². The third kappa shape index (κ3) is 6.07. The van der Waals surface area contributed by atoms with Crippen LogP contribution >= 0.6 is 27.3 Å². The summed E-state index contributed by atoms with van der Waals surface area (Å²) < 4.78 is 28.9. The van der Waals surface area contributed by atoms with Gasteiger partial charge in [-0.05, 0) is 60.0 Å². The fourth-order valence-corrected chi connectivity index (χ4v) is 5.92. The molecule has 1 heterocycles. The lowest BCUT2D eigenvalue weighted by molar-refractivity contribution is -0.132. The quantitative estimate of drug-likeness (QED) is 0.363. The molecule has 8 heteroatoms. The van der Waals surface area contributed by atoms with Gasteiger partial charge >= 0.3 is 0 Å². The van der Waals surface area contributed by atoms with Crippen LogP contribution in [0.25, 0.3) is 0 Å². The van der Waals surface area contributed by atoms with Crippen LogP contribution in [0.4, 0.5) is 0 Å². The van der Waals surface area contributed by atoms with Crippen LogP contribution in [-0.4, -0.2) is 36.6 Å². The highest BCUT2D eigenvalue weighted by Gasteiger charge is 2.34. The van der Waals surface area contributed by atoms with Gasteiger partial charge in [-0.25, -0.2) is 8.42 Å². The van der Waals surface area contributed by atoms with Crippen LogP contribution in [-0.2, 0) is 27.9 Å². The van der Waals surface area contributed by atoms with E-state index in [0.717, 1.165) is 27.8 Å². The van der Waals surface area contributed by atoms with E-state index in [0.29, 0.717) is 25.6 Å². The Balaban J connectivity index is 1.57. The van der Waals surface area contributed by atoms with Crippen LogP contribution in [0.2, 0.25) is 0 Å². The number of carbonyl (C=O) groups excluding carboxylic acids is 1. The van der Waals surface area contributed by atoms with E-state index in [1.165, 1.54) is 4.31 Å². The SMILES string of the molecule is O=C(CN(CC1CC1)S(=O)(=O)c1ccc(Br)cc1)N(Cc1ccccc1)Cc1cccs1. The van der Waals surface area contributed by atoms with Gasteiger partial charge in [0.05, 0.1) is 18.0 Å². The summed E-state index contributed by atoms with van der Waals surface area (Å²) >= 11 is 4.94. The minimum Gasteiger partial charge on any atom is -0.332 e. The molecule has 1 saturated carbocycles. The maximum Gasteiger partial charge on any atom is 0.243 e. The Bertz CT molecular complexity index is 1130. The Morgan fingerprint density at radius 2 is 1.69 bits per heavy atom. The molecule has 1 amide bonds. The fourth-order valence-electron chi connectivity index (χ4n) is 3.47. The van der Waals surface area contributed by atoms with E-state index < -0.39 is 10.0 Å². The lowest BCUT2D eigenvalue weighted by Crippen LogP contribution is -2.43. The number of benzene rings is 2. The van der Waals surface area contributed by atoms with Crippen molar-refractivity contribution in [3.8, 4) is 0 Å². The molecule has 0 aliphatic heterocycles. The van der Waals surface area contributed by atoms with Crippen LogP contribution in [0.15, 0.2) is 81.5 Å². The third-order valence-electron chi connectivity index (χ3n) is 5.42. The largest absolute Gasteiger partial charge is 0.332 e. The zero-order valence-electron chi connectivity index (χ0n) is 17.6. The maximum atomic E-state index is 13.4. The Labute approximate surface area is 201 Å². The average molecular weight is 534 g/mol. The van der Waals surface area contributed by atoms with Crippen LogP contribution in [0.5, 0.6) is 0 Å². The molecule has 3 aromatic rings. The van der Waals surface area contributed by atoms with E-state index in [2.05, 4.69) is 15.9 Å². The highest BCUT2D eigenvalue weighted by molar-refractivity contribution is 9.10. The fraction of sp³-hybridized carbons (Fsp3) is 0.292. The number of thiophene rings is 1. The van der Waals surface area contributed by atoms with Crippen LogP contribution in [0, 0.1) is 5.92 Å². The van der Waals surface area contributed by atoms with Crippen molar-refractivity contribution < 1.29 is 13.2 Å². The molecule has 168 valence electrons. The van der Waals surface area contributed by atoms with Gasteiger partial charge in [0, 0.05) is 22.4 Å². The molecule has 4 rings (SSSR count). The summed E-state index contributed by atoms with van der Waals surface area (Å²) in [6, 6.07) is 20.3. The molecule has 1 aliphatic rings. The Morgan fingerprint density at radius 3 is 2.31 bits per heavy atom. The van der Waals surface area contributed by atoms with E-state index in [1.807, 2.05) is 47.8 Å². The number of sulfonamides is 1. The molecular formula is C24H25BrN2O3S2. The Kier molecular flexibility index (Phi) is 7.45. The van der Waals surface area contributed by atoms with Gasteiger partial charge < -0.3 is 4.90 Å². The molecule has 0 unspecified atom stereocenters. The van der Waals surface area contributed by atoms with Gasteiger partial charge in [-0.2, -0.15) is 4.31 Å². The molecule has 5 nitrogen and oxygen atoms in total. The van der Waals surface area contributed by atoms with E-state index >= 15 is 0 Å². The monoisotopic (exact) mass is 532 g/mol. The predicted octanol–water partition coefficient (Wildman–Crippen LogP) is 5.14. The summed E-state index contributed by atoms with van der Waals surface area (Å²) in [6.45, 7) is 1.11. The summed E-state index contributed by atoms with van der Waals surface area (Å²) in [7, 11) is -3.77. The van der Waals surface area contributed by atoms with Gasteiger partial charge in [0.15, 0.2) is 0 Å². The lowest BCUT2D eigenvalue weighted by Gasteiger charge is -2.27. The molecule has 1 aromatic heterocycles. The highest BCUT2D eigenvalue weighted by Crippen LogP contribution is 2.32. The molecular weight excluding hydrogens is 508 g/mol. The third-order valence-corrected chi connectivity index (χ3v) is 8.63. The van der Waals surface area contributed by atoms with Crippen molar-refractivity contribution in [2.75, 3.05) is 13.1 Å². The van der Waals surface area contributed by atoms with Crippen molar-refractivity contribution in [3.63, 3.8) is 0 Å².